The zero-order valence-corrected chi connectivity index (χ0v) is 25.5. The maximum atomic E-state index is 14.0. The Morgan fingerprint density at radius 1 is 0.977 bits per heavy atom. The maximum absolute atomic E-state index is 14.0. The molecular formula is C31H36F3N3O5S. The molecule has 0 saturated carbocycles. The second-order valence-electron chi connectivity index (χ2n) is 10.2. The molecule has 0 spiro atoms. The Kier molecular flexibility index (Phi) is 10.8. The molecule has 3 aromatic carbocycles. The van der Waals surface area contributed by atoms with E-state index in [-0.39, 0.29) is 23.2 Å². The van der Waals surface area contributed by atoms with Gasteiger partial charge in [-0.1, -0.05) is 42.8 Å². The summed E-state index contributed by atoms with van der Waals surface area (Å²) in [6.07, 6.45) is -4.11. The van der Waals surface area contributed by atoms with Gasteiger partial charge in [-0.05, 0) is 75.2 Å². The highest BCUT2D eigenvalue weighted by molar-refractivity contribution is 7.92. The largest absolute Gasteiger partial charge is 0.497 e. The van der Waals surface area contributed by atoms with Gasteiger partial charge in [0.25, 0.3) is 10.0 Å². The first-order chi connectivity index (χ1) is 20.2. The number of alkyl halides is 3. The Morgan fingerprint density at radius 3 is 2.23 bits per heavy atom. The minimum atomic E-state index is -4.75. The lowest BCUT2D eigenvalue weighted by atomic mass is 10.1. The van der Waals surface area contributed by atoms with Crippen LogP contribution in [0.3, 0.4) is 0 Å². The zero-order valence-electron chi connectivity index (χ0n) is 24.7. The van der Waals surface area contributed by atoms with Crippen LogP contribution in [0.5, 0.6) is 5.75 Å². The third kappa shape index (κ3) is 8.50. The van der Waals surface area contributed by atoms with Crippen molar-refractivity contribution in [3.05, 3.63) is 89.5 Å². The van der Waals surface area contributed by atoms with E-state index >= 15 is 0 Å². The second-order valence-corrected chi connectivity index (χ2v) is 12.1. The van der Waals surface area contributed by atoms with Crippen molar-refractivity contribution < 1.29 is 35.9 Å². The highest BCUT2D eigenvalue weighted by Gasteiger charge is 2.35. The topological polar surface area (TPSA) is 96.0 Å². The molecule has 0 radical (unpaired) electrons. The number of hydrogen-bond donors (Lipinski definition) is 1. The molecule has 232 valence electrons. The van der Waals surface area contributed by atoms with Crippen LogP contribution in [0.25, 0.3) is 0 Å². The van der Waals surface area contributed by atoms with Crippen LogP contribution >= 0.6 is 0 Å². The number of carbonyl (C=O) groups excluding carboxylic acids is 2. The van der Waals surface area contributed by atoms with Gasteiger partial charge in [-0.15, -0.1) is 0 Å². The molecule has 0 aliphatic carbocycles. The van der Waals surface area contributed by atoms with Crippen LogP contribution in [0.1, 0.15) is 43.9 Å². The van der Waals surface area contributed by atoms with E-state index in [1.165, 1.54) is 37.1 Å². The molecule has 2 atom stereocenters. The maximum Gasteiger partial charge on any atom is 0.416 e. The average molecular weight is 620 g/mol. The van der Waals surface area contributed by atoms with E-state index in [0.717, 1.165) is 17.7 Å². The second kappa shape index (κ2) is 13.9. The smallest absolute Gasteiger partial charge is 0.416 e. The number of hydrogen-bond acceptors (Lipinski definition) is 5. The Balaban J connectivity index is 2.10. The predicted octanol–water partition coefficient (Wildman–Crippen LogP) is 5.55. The SMILES string of the molecule is CC[C@H](C)NC(=O)[C@@H](C)N(Cc1cccc(OC)c1)C(=O)CN(c1cccc(C(F)(F)F)c1)S(=O)(=O)c1ccc(C)cc1. The lowest BCUT2D eigenvalue weighted by molar-refractivity contribution is -0.139. The van der Waals surface area contributed by atoms with Crippen molar-refractivity contribution in [3.8, 4) is 5.75 Å². The Bertz CT molecular complexity index is 1530. The van der Waals surface area contributed by atoms with Crippen LogP contribution in [0.4, 0.5) is 18.9 Å². The van der Waals surface area contributed by atoms with Crippen LogP contribution in [0.2, 0.25) is 0 Å². The van der Waals surface area contributed by atoms with Gasteiger partial charge in [0.05, 0.1) is 23.3 Å². The average Bonchev–Trinajstić information content (AvgIpc) is 2.97. The number of benzene rings is 3. The van der Waals surface area contributed by atoms with E-state index < -0.39 is 46.2 Å². The van der Waals surface area contributed by atoms with Crippen LogP contribution in [0.15, 0.2) is 77.7 Å². The lowest BCUT2D eigenvalue weighted by Gasteiger charge is -2.32. The van der Waals surface area contributed by atoms with E-state index in [1.807, 2.05) is 13.8 Å². The van der Waals surface area contributed by atoms with E-state index in [9.17, 15) is 31.2 Å². The quantitative estimate of drug-likeness (QED) is 0.287. The van der Waals surface area contributed by atoms with Gasteiger partial charge >= 0.3 is 6.18 Å². The van der Waals surface area contributed by atoms with Crippen molar-refractivity contribution in [2.24, 2.45) is 0 Å². The predicted molar refractivity (Wildman–Crippen MR) is 158 cm³/mol. The lowest BCUT2D eigenvalue weighted by Crippen LogP contribution is -2.52. The van der Waals surface area contributed by atoms with E-state index in [4.69, 9.17) is 4.74 Å². The van der Waals surface area contributed by atoms with E-state index in [0.29, 0.717) is 28.1 Å². The third-order valence-corrected chi connectivity index (χ3v) is 8.79. The number of anilines is 1. The number of rotatable bonds is 12. The molecule has 3 rings (SSSR count). The van der Waals surface area contributed by atoms with Crippen molar-refractivity contribution >= 4 is 27.5 Å². The summed E-state index contributed by atoms with van der Waals surface area (Å²) < 4.78 is 74.5. The van der Waals surface area contributed by atoms with Gasteiger partial charge in [0, 0.05) is 12.6 Å². The first-order valence-electron chi connectivity index (χ1n) is 13.7. The summed E-state index contributed by atoms with van der Waals surface area (Å²) in [5.74, 6) is -0.741. The Labute approximate surface area is 250 Å². The van der Waals surface area contributed by atoms with Crippen molar-refractivity contribution in [1.82, 2.24) is 10.2 Å². The fraction of sp³-hybridized carbons (Fsp3) is 0.355. The summed E-state index contributed by atoms with van der Waals surface area (Å²) in [6, 6.07) is 15.1. The summed E-state index contributed by atoms with van der Waals surface area (Å²) in [4.78, 5) is 28.1. The number of ether oxygens (including phenoxy) is 1. The fourth-order valence-corrected chi connectivity index (χ4v) is 5.63. The van der Waals surface area contributed by atoms with Crippen LogP contribution in [-0.4, -0.2) is 50.9 Å². The van der Waals surface area contributed by atoms with Gasteiger partial charge in [-0.3, -0.25) is 13.9 Å². The molecule has 0 aliphatic rings. The summed E-state index contributed by atoms with van der Waals surface area (Å²) in [6.45, 7) is 6.01. The third-order valence-electron chi connectivity index (χ3n) is 7.00. The van der Waals surface area contributed by atoms with Gasteiger partial charge in [-0.2, -0.15) is 13.2 Å². The van der Waals surface area contributed by atoms with Crippen LogP contribution in [0, 0.1) is 6.92 Å². The number of carbonyl (C=O) groups is 2. The molecule has 2 amide bonds. The molecule has 1 N–H and O–H groups in total. The summed E-state index contributed by atoms with van der Waals surface area (Å²) >= 11 is 0. The normalized spacial score (nSPS) is 13.1. The Morgan fingerprint density at radius 2 is 1.63 bits per heavy atom. The fourth-order valence-electron chi connectivity index (χ4n) is 4.22. The van der Waals surface area contributed by atoms with Crippen molar-refractivity contribution in [2.75, 3.05) is 18.0 Å². The highest BCUT2D eigenvalue weighted by Crippen LogP contribution is 2.33. The molecule has 0 saturated heterocycles. The monoisotopic (exact) mass is 619 g/mol. The van der Waals surface area contributed by atoms with E-state index in [1.54, 1.807) is 43.3 Å². The molecule has 0 unspecified atom stereocenters. The first-order valence-corrected chi connectivity index (χ1v) is 15.1. The molecule has 43 heavy (non-hydrogen) atoms. The van der Waals surface area contributed by atoms with Crippen LogP contribution < -0.4 is 14.4 Å². The number of sulfonamides is 1. The van der Waals surface area contributed by atoms with Crippen LogP contribution in [-0.2, 0) is 32.3 Å². The molecule has 8 nitrogen and oxygen atoms in total. The van der Waals surface area contributed by atoms with Crippen molar-refractivity contribution in [3.63, 3.8) is 0 Å². The molecule has 12 heteroatoms. The molecular weight excluding hydrogens is 583 g/mol. The number of methoxy groups -OCH3 is 1. The molecule has 0 aromatic heterocycles. The number of nitrogens with one attached hydrogen (secondary N) is 1. The molecule has 0 bridgehead atoms. The summed E-state index contributed by atoms with van der Waals surface area (Å²) in [5, 5.41) is 2.83. The number of aryl methyl sites for hydroxylation is 1. The highest BCUT2D eigenvalue weighted by atomic mass is 32.2. The standard InChI is InChI=1S/C31H36F3N3O5S/c1-6-22(3)35-30(39)23(4)36(19-24-9-7-12-27(17-24)42-5)29(38)20-37(26-11-8-10-25(18-26)31(32,33)34)43(40,41)28-15-13-21(2)14-16-28/h7-18,22-23H,6,19-20H2,1-5H3,(H,35,39)/t22-,23+/m0/s1. The van der Waals surface area contributed by atoms with Gasteiger partial charge in [0.2, 0.25) is 11.8 Å². The minimum absolute atomic E-state index is 0.0911. The summed E-state index contributed by atoms with van der Waals surface area (Å²) in [7, 11) is -3.04. The van der Waals surface area contributed by atoms with E-state index in [2.05, 4.69) is 5.32 Å². The van der Waals surface area contributed by atoms with Crippen molar-refractivity contribution in [1.29, 1.82) is 0 Å². The molecule has 3 aromatic rings. The Hall–Kier alpha value is -4.06. The number of amides is 2. The first kappa shape index (κ1) is 33.4. The van der Waals surface area contributed by atoms with Crippen molar-refractivity contribution in [2.45, 2.75) is 63.8 Å². The van der Waals surface area contributed by atoms with Gasteiger partial charge in [0.15, 0.2) is 0 Å². The summed E-state index contributed by atoms with van der Waals surface area (Å²) in [5.41, 5.74) is -0.0490. The molecule has 0 fully saturated rings. The minimum Gasteiger partial charge on any atom is -0.497 e. The molecule has 0 aliphatic heterocycles. The zero-order chi connectivity index (χ0) is 31.9. The van der Waals surface area contributed by atoms with Gasteiger partial charge in [-0.25, -0.2) is 8.42 Å². The van der Waals surface area contributed by atoms with Gasteiger partial charge < -0.3 is 15.0 Å². The number of nitrogens with zero attached hydrogens (tertiary/aromatic N) is 2. The number of halogens is 3. The molecule has 0 heterocycles. The van der Waals surface area contributed by atoms with Gasteiger partial charge in [0.1, 0.15) is 18.3 Å².